The molecule has 0 saturated heterocycles. The highest BCUT2D eigenvalue weighted by Crippen LogP contribution is 2.31. The van der Waals surface area contributed by atoms with Crippen LogP contribution in [0.2, 0.25) is 0 Å². The topological polar surface area (TPSA) is 98.9 Å². The lowest BCUT2D eigenvalue weighted by atomic mass is 9.82. The van der Waals surface area contributed by atoms with Gasteiger partial charge >= 0.3 is 11.9 Å². The lowest BCUT2D eigenvalue weighted by molar-refractivity contribution is -0.140. The van der Waals surface area contributed by atoms with Crippen molar-refractivity contribution >= 4 is 11.9 Å². The Morgan fingerprint density at radius 3 is 2.50 bits per heavy atom. The molecule has 6 heteroatoms. The Morgan fingerprint density at radius 1 is 1.27 bits per heavy atom. The first kappa shape index (κ1) is 16.3. The van der Waals surface area contributed by atoms with Gasteiger partial charge in [0.1, 0.15) is 17.1 Å². The standard InChI is InChI=1S/C16H21NO5/c1-21-12-6-7-14(13(8-12)15(18)19)22-16(20)11-4-2-10(9-17)3-5-11/h6-8,10-11H,2-5,9,17H2,1H3,(H,18,19)/t10-,11-. The van der Waals surface area contributed by atoms with E-state index in [1.54, 1.807) is 6.07 Å². The van der Waals surface area contributed by atoms with Crippen LogP contribution in [0.25, 0.3) is 0 Å². The number of benzene rings is 1. The van der Waals surface area contributed by atoms with Crippen LogP contribution in [0.3, 0.4) is 0 Å². The van der Waals surface area contributed by atoms with Crippen molar-refractivity contribution < 1.29 is 24.2 Å². The summed E-state index contributed by atoms with van der Waals surface area (Å²) < 4.78 is 10.3. The third-order valence-corrected chi connectivity index (χ3v) is 4.14. The number of ether oxygens (including phenoxy) is 2. The Labute approximate surface area is 129 Å². The number of carboxylic acid groups (broad SMARTS) is 1. The van der Waals surface area contributed by atoms with Crippen LogP contribution in [0.4, 0.5) is 0 Å². The van der Waals surface area contributed by atoms with Gasteiger partial charge < -0.3 is 20.3 Å². The summed E-state index contributed by atoms with van der Waals surface area (Å²) in [6, 6.07) is 4.36. The molecule has 22 heavy (non-hydrogen) atoms. The van der Waals surface area contributed by atoms with E-state index < -0.39 is 5.97 Å². The Kier molecular flexibility index (Phi) is 5.38. The lowest BCUT2D eigenvalue weighted by Gasteiger charge is -2.26. The van der Waals surface area contributed by atoms with Gasteiger partial charge in [-0.25, -0.2) is 4.79 Å². The van der Waals surface area contributed by atoms with E-state index in [2.05, 4.69) is 0 Å². The van der Waals surface area contributed by atoms with Crippen LogP contribution in [0, 0.1) is 11.8 Å². The van der Waals surface area contributed by atoms with Gasteiger partial charge in [-0.3, -0.25) is 4.79 Å². The van der Waals surface area contributed by atoms with E-state index in [1.807, 2.05) is 0 Å². The highest BCUT2D eigenvalue weighted by Gasteiger charge is 2.28. The second-order valence-electron chi connectivity index (χ2n) is 5.54. The van der Waals surface area contributed by atoms with Gasteiger partial charge in [-0.1, -0.05) is 0 Å². The molecule has 2 rings (SSSR count). The Bertz CT molecular complexity index is 549. The molecule has 1 aliphatic carbocycles. The molecule has 0 aliphatic heterocycles. The molecule has 1 aromatic rings. The molecular weight excluding hydrogens is 286 g/mol. The van der Waals surface area contributed by atoms with E-state index in [-0.39, 0.29) is 23.2 Å². The minimum absolute atomic E-state index is 0.0549. The summed E-state index contributed by atoms with van der Waals surface area (Å²) in [5.41, 5.74) is 5.56. The predicted octanol–water partition coefficient (Wildman–Crippen LogP) is 2.06. The number of hydrogen-bond donors (Lipinski definition) is 2. The van der Waals surface area contributed by atoms with E-state index in [0.717, 1.165) is 25.7 Å². The van der Waals surface area contributed by atoms with Gasteiger partial charge in [0.25, 0.3) is 0 Å². The van der Waals surface area contributed by atoms with Crippen molar-refractivity contribution in [1.82, 2.24) is 0 Å². The van der Waals surface area contributed by atoms with Crippen molar-refractivity contribution in [1.29, 1.82) is 0 Å². The second-order valence-corrected chi connectivity index (χ2v) is 5.54. The summed E-state index contributed by atoms with van der Waals surface area (Å²) in [4.78, 5) is 23.5. The monoisotopic (exact) mass is 307 g/mol. The van der Waals surface area contributed by atoms with Gasteiger partial charge in [-0.2, -0.15) is 0 Å². The maximum absolute atomic E-state index is 12.2. The Morgan fingerprint density at radius 2 is 1.95 bits per heavy atom. The average molecular weight is 307 g/mol. The molecule has 1 saturated carbocycles. The number of esters is 1. The maximum Gasteiger partial charge on any atom is 0.339 e. The quantitative estimate of drug-likeness (QED) is 0.638. The normalized spacial score (nSPS) is 21.2. The molecule has 6 nitrogen and oxygen atoms in total. The summed E-state index contributed by atoms with van der Waals surface area (Å²) >= 11 is 0. The molecule has 0 heterocycles. The van der Waals surface area contributed by atoms with Gasteiger partial charge in [0, 0.05) is 0 Å². The molecule has 3 N–H and O–H groups in total. The van der Waals surface area contributed by atoms with Gasteiger partial charge in [-0.05, 0) is 56.3 Å². The Hall–Kier alpha value is -2.08. The fourth-order valence-electron chi connectivity index (χ4n) is 2.72. The van der Waals surface area contributed by atoms with E-state index in [0.29, 0.717) is 18.2 Å². The SMILES string of the molecule is COc1ccc(OC(=O)[C@H]2CC[C@H](CN)CC2)c(C(=O)O)c1. The lowest BCUT2D eigenvalue weighted by Crippen LogP contribution is -2.28. The minimum Gasteiger partial charge on any atom is -0.497 e. The average Bonchev–Trinajstić information content (AvgIpc) is 2.55. The molecule has 0 unspecified atom stereocenters. The van der Waals surface area contributed by atoms with Crippen LogP contribution >= 0.6 is 0 Å². The molecule has 0 bridgehead atoms. The first-order chi connectivity index (χ1) is 10.5. The number of methoxy groups -OCH3 is 1. The summed E-state index contributed by atoms with van der Waals surface area (Å²) in [5.74, 6) is -0.789. The molecule has 120 valence electrons. The van der Waals surface area contributed by atoms with Crippen molar-refractivity contribution in [2.24, 2.45) is 17.6 Å². The highest BCUT2D eigenvalue weighted by molar-refractivity contribution is 5.92. The van der Waals surface area contributed by atoms with Crippen molar-refractivity contribution in [2.45, 2.75) is 25.7 Å². The molecule has 0 amide bonds. The molecule has 0 radical (unpaired) electrons. The van der Waals surface area contributed by atoms with Gasteiger partial charge in [0.2, 0.25) is 0 Å². The fraction of sp³-hybridized carbons (Fsp3) is 0.500. The second kappa shape index (κ2) is 7.26. The number of nitrogens with two attached hydrogens (primary N) is 1. The van der Waals surface area contributed by atoms with Gasteiger partial charge in [0.15, 0.2) is 0 Å². The van der Waals surface area contributed by atoms with Crippen LogP contribution in [-0.2, 0) is 4.79 Å². The van der Waals surface area contributed by atoms with Crippen LogP contribution in [0.15, 0.2) is 18.2 Å². The number of carbonyl (C=O) groups excluding carboxylic acids is 1. The summed E-state index contributed by atoms with van der Waals surface area (Å²) in [5, 5.41) is 9.21. The number of rotatable bonds is 5. The minimum atomic E-state index is -1.16. The summed E-state index contributed by atoms with van der Waals surface area (Å²) in [7, 11) is 1.45. The largest absolute Gasteiger partial charge is 0.497 e. The third-order valence-electron chi connectivity index (χ3n) is 4.14. The molecule has 1 fully saturated rings. The number of carbonyl (C=O) groups is 2. The fourth-order valence-corrected chi connectivity index (χ4v) is 2.72. The first-order valence-corrected chi connectivity index (χ1v) is 7.38. The van der Waals surface area contributed by atoms with Gasteiger partial charge in [-0.15, -0.1) is 0 Å². The zero-order chi connectivity index (χ0) is 16.1. The van der Waals surface area contributed by atoms with Crippen LogP contribution in [0.5, 0.6) is 11.5 Å². The predicted molar refractivity (Wildman–Crippen MR) is 80.1 cm³/mol. The van der Waals surface area contributed by atoms with Crippen molar-refractivity contribution in [3.8, 4) is 11.5 Å². The van der Waals surface area contributed by atoms with E-state index >= 15 is 0 Å². The zero-order valence-corrected chi connectivity index (χ0v) is 12.6. The van der Waals surface area contributed by atoms with E-state index in [9.17, 15) is 14.7 Å². The highest BCUT2D eigenvalue weighted by atomic mass is 16.5. The summed E-state index contributed by atoms with van der Waals surface area (Å²) in [6.07, 6.45) is 3.29. The third kappa shape index (κ3) is 3.76. The molecule has 0 aromatic heterocycles. The smallest absolute Gasteiger partial charge is 0.339 e. The molecule has 0 atom stereocenters. The molecule has 1 aliphatic rings. The maximum atomic E-state index is 12.2. The molecular formula is C16H21NO5. The van der Waals surface area contributed by atoms with Gasteiger partial charge in [0.05, 0.1) is 13.0 Å². The van der Waals surface area contributed by atoms with Crippen molar-refractivity contribution in [3.63, 3.8) is 0 Å². The van der Waals surface area contributed by atoms with E-state index in [1.165, 1.54) is 19.2 Å². The zero-order valence-electron chi connectivity index (χ0n) is 12.6. The van der Waals surface area contributed by atoms with E-state index in [4.69, 9.17) is 15.2 Å². The summed E-state index contributed by atoms with van der Waals surface area (Å²) in [6.45, 7) is 0.642. The molecule has 1 aromatic carbocycles. The van der Waals surface area contributed by atoms with Crippen LogP contribution in [-0.4, -0.2) is 30.7 Å². The van der Waals surface area contributed by atoms with Crippen molar-refractivity contribution in [3.05, 3.63) is 23.8 Å². The molecule has 0 spiro atoms. The van der Waals surface area contributed by atoms with Crippen LogP contribution in [0.1, 0.15) is 36.0 Å². The number of carboxylic acids is 1. The van der Waals surface area contributed by atoms with Crippen molar-refractivity contribution in [2.75, 3.05) is 13.7 Å². The first-order valence-electron chi connectivity index (χ1n) is 7.38. The number of aromatic carboxylic acids is 1. The van der Waals surface area contributed by atoms with Crippen LogP contribution < -0.4 is 15.2 Å². The Balaban J connectivity index is 2.07. The number of hydrogen-bond acceptors (Lipinski definition) is 5.